The Morgan fingerprint density at radius 1 is 1.23 bits per heavy atom. The molecule has 26 heavy (non-hydrogen) atoms. The topological polar surface area (TPSA) is 69.3 Å². The molecule has 1 saturated heterocycles. The summed E-state index contributed by atoms with van der Waals surface area (Å²) in [5.41, 5.74) is 4.67. The number of nitrogens with one attached hydrogen (secondary N) is 1. The monoisotopic (exact) mass is 352 g/mol. The summed E-state index contributed by atoms with van der Waals surface area (Å²) in [5, 5.41) is 7.30. The van der Waals surface area contributed by atoms with Gasteiger partial charge in [0.1, 0.15) is 6.54 Å². The molecule has 1 aliphatic carbocycles. The number of benzene rings is 1. The van der Waals surface area contributed by atoms with Gasteiger partial charge in [0.15, 0.2) is 5.69 Å². The molecule has 0 radical (unpaired) electrons. The summed E-state index contributed by atoms with van der Waals surface area (Å²) in [6.07, 6.45) is 2.94. The number of piperazine rings is 1. The SMILES string of the molecule is Cc1ccc(N2CCN(C(=O)c3n[nH]c4c3C[C@@H](C)CC4)CC2=O)cc1. The lowest BCUT2D eigenvalue weighted by Gasteiger charge is -2.34. The molecule has 1 aliphatic heterocycles. The third-order valence-corrected chi connectivity index (χ3v) is 5.45. The Morgan fingerprint density at radius 3 is 2.73 bits per heavy atom. The Morgan fingerprint density at radius 2 is 2.00 bits per heavy atom. The van der Waals surface area contributed by atoms with Crippen LogP contribution in [0.25, 0.3) is 0 Å². The third kappa shape index (κ3) is 3.00. The van der Waals surface area contributed by atoms with E-state index in [1.165, 1.54) is 0 Å². The number of anilines is 1. The smallest absolute Gasteiger partial charge is 0.275 e. The van der Waals surface area contributed by atoms with Crippen molar-refractivity contribution in [2.45, 2.75) is 33.1 Å². The fraction of sp³-hybridized carbons (Fsp3) is 0.450. The molecule has 0 bridgehead atoms. The maximum atomic E-state index is 12.9. The van der Waals surface area contributed by atoms with Gasteiger partial charge in [-0.15, -0.1) is 0 Å². The molecule has 0 spiro atoms. The average Bonchev–Trinajstić information content (AvgIpc) is 3.05. The molecule has 0 unspecified atom stereocenters. The first-order valence-electron chi connectivity index (χ1n) is 9.25. The van der Waals surface area contributed by atoms with Crippen LogP contribution >= 0.6 is 0 Å². The molecule has 2 amide bonds. The maximum Gasteiger partial charge on any atom is 0.275 e. The molecule has 4 rings (SSSR count). The number of carbonyl (C=O) groups excluding carboxylic acids is 2. The van der Waals surface area contributed by atoms with Gasteiger partial charge in [0.25, 0.3) is 5.91 Å². The van der Waals surface area contributed by atoms with Crippen molar-refractivity contribution in [2.24, 2.45) is 5.92 Å². The first kappa shape index (κ1) is 16.8. The number of carbonyl (C=O) groups is 2. The normalized spacial score (nSPS) is 20.2. The number of nitrogens with zero attached hydrogens (tertiary/aromatic N) is 3. The Bertz CT molecular complexity index is 840. The first-order valence-corrected chi connectivity index (χ1v) is 9.25. The van der Waals surface area contributed by atoms with Gasteiger partial charge in [-0.2, -0.15) is 5.10 Å². The first-order chi connectivity index (χ1) is 12.5. The second-order valence-electron chi connectivity index (χ2n) is 7.48. The van der Waals surface area contributed by atoms with Gasteiger partial charge in [0.05, 0.1) is 0 Å². The number of hydrogen-bond donors (Lipinski definition) is 1. The van der Waals surface area contributed by atoms with Gasteiger partial charge in [-0.25, -0.2) is 0 Å². The minimum absolute atomic E-state index is 0.0498. The molecule has 1 atom stereocenters. The van der Waals surface area contributed by atoms with Crippen molar-refractivity contribution in [1.82, 2.24) is 15.1 Å². The van der Waals surface area contributed by atoms with Crippen LogP contribution < -0.4 is 4.90 Å². The van der Waals surface area contributed by atoms with Gasteiger partial charge in [0, 0.05) is 30.0 Å². The highest BCUT2D eigenvalue weighted by Gasteiger charge is 2.32. The fourth-order valence-corrected chi connectivity index (χ4v) is 3.84. The molecule has 0 saturated carbocycles. The lowest BCUT2D eigenvalue weighted by Crippen LogP contribution is -2.52. The van der Waals surface area contributed by atoms with Crippen LogP contribution in [0.15, 0.2) is 24.3 Å². The minimum Gasteiger partial charge on any atom is -0.326 e. The number of fused-ring (bicyclic) bond motifs is 1. The zero-order valence-corrected chi connectivity index (χ0v) is 15.3. The summed E-state index contributed by atoms with van der Waals surface area (Å²) in [5.74, 6) is 0.381. The molecule has 2 heterocycles. The molecule has 6 nitrogen and oxygen atoms in total. The highest BCUT2D eigenvalue weighted by molar-refractivity contribution is 6.01. The van der Waals surface area contributed by atoms with Crippen LogP contribution in [0, 0.1) is 12.8 Å². The van der Waals surface area contributed by atoms with E-state index in [1.54, 1.807) is 9.80 Å². The van der Waals surface area contributed by atoms with Crippen molar-refractivity contribution < 1.29 is 9.59 Å². The maximum absolute atomic E-state index is 12.9. The zero-order chi connectivity index (χ0) is 18.3. The van der Waals surface area contributed by atoms with Crippen molar-refractivity contribution in [2.75, 3.05) is 24.5 Å². The van der Waals surface area contributed by atoms with E-state index in [0.717, 1.165) is 41.8 Å². The highest BCUT2D eigenvalue weighted by Crippen LogP contribution is 2.27. The van der Waals surface area contributed by atoms with E-state index in [9.17, 15) is 9.59 Å². The lowest BCUT2D eigenvalue weighted by molar-refractivity contribution is -0.120. The molecule has 1 fully saturated rings. The molecule has 136 valence electrons. The van der Waals surface area contributed by atoms with Gasteiger partial charge in [-0.1, -0.05) is 24.6 Å². The van der Waals surface area contributed by atoms with Crippen molar-refractivity contribution in [3.05, 3.63) is 46.8 Å². The number of amides is 2. The van der Waals surface area contributed by atoms with Gasteiger partial charge < -0.3 is 9.80 Å². The van der Waals surface area contributed by atoms with E-state index in [4.69, 9.17) is 0 Å². The largest absolute Gasteiger partial charge is 0.326 e. The van der Waals surface area contributed by atoms with Crippen LogP contribution in [-0.4, -0.2) is 46.5 Å². The van der Waals surface area contributed by atoms with Gasteiger partial charge in [-0.3, -0.25) is 14.7 Å². The van der Waals surface area contributed by atoms with Crippen LogP contribution in [0.3, 0.4) is 0 Å². The van der Waals surface area contributed by atoms with E-state index in [1.807, 2.05) is 31.2 Å². The fourth-order valence-electron chi connectivity index (χ4n) is 3.84. The van der Waals surface area contributed by atoms with Crippen molar-refractivity contribution >= 4 is 17.5 Å². The van der Waals surface area contributed by atoms with Crippen molar-refractivity contribution in [3.8, 4) is 0 Å². The number of H-pyrrole nitrogens is 1. The Hall–Kier alpha value is -2.63. The van der Waals surface area contributed by atoms with Crippen LogP contribution in [0.4, 0.5) is 5.69 Å². The second-order valence-corrected chi connectivity index (χ2v) is 7.48. The van der Waals surface area contributed by atoms with Crippen LogP contribution in [0.2, 0.25) is 0 Å². The van der Waals surface area contributed by atoms with E-state index in [0.29, 0.717) is 24.7 Å². The second kappa shape index (κ2) is 6.59. The predicted octanol–water partition coefficient (Wildman–Crippen LogP) is 2.33. The minimum atomic E-state index is -0.131. The number of rotatable bonds is 2. The van der Waals surface area contributed by atoms with E-state index in [2.05, 4.69) is 17.1 Å². The van der Waals surface area contributed by atoms with Gasteiger partial charge in [0.2, 0.25) is 5.91 Å². The van der Waals surface area contributed by atoms with Gasteiger partial charge in [-0.05, 0) is 44.2 Å². The summed E-state index contributed by atoms with van der Waals surface area (Å²) >= 11 is 0. The summed E-state index contributed by atoms with van der Waals surface area (Å²) < 4.78 is 0. The summed E-state index contributed by atoms with van der Waals surface area (Å²) in [4.78, 5) is 28.9. The summed E-state index contributed by atoms with van der Waals surface area (Å²) in [6.45, 7) is 5.36. The third-order valence-electron chi connectivity index (χ3n) is 5.45. The summed E-state index contributed by atoms with van der Waals surface area (Å²) in [6, 6.07) is 7.90. The lowest BCUT2D eigenvalue weighted by atomic mass is 9.87. The average molecular weight is 352 g/mol. The van der Waals surface area contributed by atoms with Gasteiger partial charge >= 0.3 is 0 Å². The summed E-state index contributed by atoms with van der Waals surface area (Å²) in [7, 11) is 0. The predicted molar refractivity (Wildman–Crippen MR) is 99.2 cm³/mol. The Kier molecular flexibility index (Phi) is 4.26. The number of hydrogen-bond acceptors (Lipinski definition) is 3. The van der Waals surface area contributed by atoms with Crippen LogP contribution in [0.5, 0.6) is 0 Å². The molecule has 1 aromatic carbocycles. The molecule has 1 N–H and O–H groups in total. The van der Waals surface area contributed by atoms with Crippen LogP contribution in [-0.2, 0) is 17.6 Å². The Labute approximate surface area is 153 Å². The zero-order valence-electron chi connectivity index (χ0n) is 15.3. The van der Waals surface area contributed by atoms with Crippen LogP contribution in [0.1, 0.15) is 40.7 Å². The van der Waals surface area contributed by atoms with E-state index >= 15 is 0 Å². The van der Waals surface area contributed by atoms with E-state index < -0.39 is 0 Å². The molecule has 2 aliphatic rings. The standard InChI is InChI=1S/C20H24N4O2/c1-13-3-6-15(7-4-13)24-10-9-23(12-18(24)25)20(26)19-16-11-14(2)5-8-17(16)21-22-19/h3-4,6-7,14H,5,8-12H2,1-2H3,(H,21,22)/t14-/m0/s1. The van der Waals surface area contributed by atoms with Crippen molar-refractivity contribution in [1.29, 1.82) is 0 Å². The van der Waals surface area contributed by atoms with E-state index in [-0.39, 0.29) is 18.4 Å². The molecule has 1 aromatic heterocycles. The molecule has 6 heteroatoms. The number of aromatic nitrogens is 2. The quantitative estimate of drug-likeness (QED) is 0.902. The Balaban J connectivity index is 1.49. The number of aromatic amines is 1. The number of aryl methyl sites for hydroxylation is 2. The molecular weight excluding hydrogens is 328 g/mol. The highest BCUT2D eigenvalue weighted by atomic mass is 16.2. The molecule has 2 aromatic rings. The van der Waals surface area contributed by atoms with Crippen molar-refractivity contribution in [3.63, 3.8) is 0 Å². The molecular formula is C20H24N4O2.